The highest BCUT2D eigenvalue weighted by atomic mass is 16.6. The molecule has 0 atom stereocenters. The summed E-state index contributed by atoms with van der Waals surface area (Å²) < 4.78 is 21.7. The second-order valence-corrected chi connectivity index (χ2v) is 6.14. The Bertz CT molecular complexity index is 884. The van der Waals surface area contributed by atoms with Gasteiger partial charge in [0.2, 0.25) is 0 Å². The number of rotatable bonds is 10. The second-order valence-electron chi connectivity index (χ2n) is 6.14. The minimum atomic E-state index is -0.461. The lowest BCUT2D eigenvalue weighted by Gasteiger charge is -2.15. The lowest BCUT2D eigenvalue weighted by Crippen LogP contribution is -2.14. The van der Waals surface area contributed by atoms with Crippen LogP contribution >= 0.6 is 0 Å². The highest BCUT2D eigenvalue weighted by Gasteiger charge is 2.12. The van der Waals surface area contributed by atoms with Gasteiger partial charge in [0, 0.05) is 16.5 Å². The highest BCUT2D eigenvalue weighted by molar-refractivity contribution is 5.91. The molecular formula is C22H24O6. The van der Waals surface area contributed by atoms with Crippen LogP contribution in [0.1, 0.15) is 13.8 Å². The van der Waals surface area contributed by atoms with Crippen LogP contribution in [-0.2, 0) is 19.1 Å². The Balaban J connectivity index is 2.04. The lowest BCUT2D eigenvalue weighted by atomic mass is 10.1. The standard InChI is InChI=1S/C22H24O6/c1-15(2)21(23)27-13-11-25-19-10-9-17-7-5-6-8-18(17)20(19)26-12-14-28-22(24)16(3)4/h5-10H,1,3,11-14H2,2,4H3. The molecule has 0 aromatic heterocycles. The Morgan fingerprint density at radius 2 is 1.36 bits per heavy atom. The van der Waals surface area contributed by atoms with E-state index >= 15 is 0 Å². The third-order valence-corrected chi connectivity index (χ3v) is 3.68. The van der Waals surface area contributed by atoms with Crippen LogP contribution in [0.5, 0.6) is 11.5 Å². The molecule has 0 saturated heterocycles. The molecule has 2 aromatic carbocycles. The van der Waals surface area contributed by atoms with E-state index in [0.717, 1.165) is 10.8 Å². The van der Waals surface area contributed by atoms with E-state index in [1.807, 2.05) is 30.3 Å². The summed E-state index contributed by atoms with van der Waals surface area (Å²) in [6.45, 7) is 10.7. The van der Waals surface area contributed by atoms with Gasteiger partial charge >= 0.3 is 11.9 Å². The zero-order chi connectivity index (χ0) is 20.5. The summed E-state index contributed by atoms with van der Waals surface area (Å²) in [5.74, 6) is 0.127. The molecule has 2 aromatic rings. The van der Waals surface area contributed by atoms with Crippen LogP contribution in [0.15, 0.2) is 60.7 Å². The fourth-order valence-corrected chi connectivity index (χ4v) is 2.30. The maximum Gasteiger partial charge on any atom is 0.333 e. The number of hydrogen-bond donors (Lipinski definition) is 0. The molecule has 0 aliphatic heterocycles. The first-order valence-electron chi connectivity index (χ1n) is 8.82. The zero-order valence-electron chi connectivity index (χ0n) is 16.2. The molecule has 6 heteroatoms. The van der Waals surface area contributed by atoms with Crippen molar-refractivity contribution >= 4 is 22.7 Å². The first-order chi connectivity index (χ1) is 13.4. The van der Waals surface area contributed by atoms with Crippen LogP contribution < -0.4 is 9.47 Å². The van der Waals surface area contributed by atoms with Crippen molar-refractivity contribution in [2.24, 2.45) is 0 Å². The van der Waals surface area contributed by atoms with Crippen LogP contribution in [0.4, 0.5) is 0 Å². The maximum absolute atomic E-state index is 11.5. The van der Waals surface area contributed by atoms with Gasteiger partial charge in [-0.25, -0.2) is 9.59 Å². The van der Waals surface area contributed by atoms with E-state index in [9.17, 15) is 9.59 Å². The summed E-state index contributed by atoms with van der Waals surface area (Å²) in [6.07, 6.45) is 0. The van der Waals surface area contributed by atoms with E-state index < -0.39 is 11.9 Å². The Labute approximate surface area is 164 Å². The fraction of sp³-hybridized carbons (Fsp3) is 0.273. The largest absolute Gasteiger partial charge is 0.486 e. The third-order valence-electron chi connectivity index (χ3n) is 3.68. The molecule has 0 saturated carbocycles. The van der Waals surface area contributed by atoms with Gasteiger partial charge in [0.1, 0.15) is 26.4 Å². The zero-order valence-corrected chi connectivity index (χ0v) is 16.2. The van der Waals surface area contributed by atoms with E-state index in [1.165, 1.54) is 0 Å². The second kappa shape index (κ2) is 10.2. The normalized spacial score (nSPS) is 10.2. The molecule has 0 aliphatic rings. The number of esters is 2. The molecule has 0 radical (unpaired) electrons. The van der Waals surface area contributed by atoms with Gasteiger partial charge < -0.3 is 18.9 Å². The predicted molar refractivity (Wildman–Crippen MR) is 106 cm³/mol. The molecule has 0 heterocycles. The molecule has 6 nitrogen and oxygen atoms in total. The van der Waals surface area contributed by atoms with E-state index in [0.29, 0.717) is 22.6 Å². The Hall–Kier alpha value is -3.28. The van der Waals surface area contributed by atoms with Crippen LogP contribution in [0.3, 0.4) is 0 Å². The van der Waals surface area contributed by atoms with E-state index in [-0.39, 0.29) is 26.4 Å². The van der Waals surface area contributed by atoms with Crippen molar-refractivity contribution in [2.45, 2.75) is 13.8 Å². The van der Waals surface area contributed by atoms with Crippen LogP contribution in [0.25, 0.3) is 10.8 Å². The first-order valence-corrected chi connectivity index (χ1v) is 8.82. The summed E-state index contributed by atoms with van der Waals surface area (Å²) >= 11 is 0. The minimum Gasteiger partial charge on any atom is -0.486 e. The van der Waals surface area contributed by atoms with Crippen LogP contribution in [-0.4, -0.2) is 38.4 Å². The quantitative estimate of drug-likeness (QED) is 0.352. The number of benzene rings is 2. The maximum atomic E-state index is 11.5. The fourth-order valence-electron chi connectivity index (χ4n) is 2.30. The van der Waals surface area contributed by atoms with Crippen molar-refractivity contribution < 1.29 is 28.5 Å². The SMILES string of the molecule is C=C(C)C(=O)OCCOc1ccc2ccccc2c1OCCOC(=O)C(=C)C. The van der Waals surface area contributed by atoms with Crippen molar-refractivity contribution in [3.8, 4) is 11.5 Å². The average molecular weight is 384 g/mol. The van der Waals surface area contributed by atoms with Gasteiger partial charge in [-0.1, -0.05) is 43.5 Å². The number of carbonyl (C=O) groups is 2. The molecule has 0 bridgehead atoms. The van der Waals surface area contributed by atoms with Crippen molar-refractivity contribution in [1.29, 1.82) is 0 Å². The molecule has 0 N–H and O–H groups in total. The molecule has 0 aliphatic carbocycles. The highest BCUT2D eigenvalue weighted by Crippen LogP contribution is 2.35. The molecule has 148 valence electrons. The van der Waals surface area contributed by atoms with Crippen molar-refractivity contribution in [1.82, 2.24) is 0 Å². The van der Waals surface area contributed by atoms with Crippen molar-refractivity contribution in [3.63, 3.8) is 0 Å². The van der Waals surface area contributed by atoms with E-state index in [4.69, 9.17) is 18.9 Å². The van der Waals surface area contributed by atoms with E-state index in [2.05, 4.69) is 13.2 Å². The van der Waals surface area contributed by atoms with E-state index in [1.54, 1.807) is 19.9 Å². The minimum absolute atomic E-state index is 0.0879. The molecule has 2 rings (SSSR count). The summed E-state index contributed by atoms with van der Waals surface area (Å²) in [7, 11) is 0. The van der Waals surface area contributed by atoms with Crippen molar-refractivity contribution in [3.05, 3.63) is 60.7 Å². The summed E-state index contributed by atoms with van der Waals surface area (Å²) in [5, 5.41) is 1.85. The van der Waals surface area contributed by atoms with Crippen molar-refractivity contribution in [2.75, 3.05) is 26.4 Å². The summed E-state index contributed by atoms with van der Waals surface area (Å²) in [4.78, 5) is 22.9. The Morgan fingerprint density at radius 3 is 1.96 bits per heavy atom. The monoisotopic (exact) mass is 384 g/mol. The van der Waals surface area contributed by atoms with Crippen LogP contribution in [0.2, 0.25) is 0 Å². The first kappa shape index (κ1) is 21.0. The number of ether oxygens (including phenoxy) is 4. The lowest BCUT2D eigenvalue weighted by molar-refractivity contribution is -0.140. The summed E-state index contributed by atoms with van der Waals surface area (Å²) in [6, 6.07) is 11.4. The van der Waals surface area contributed by atoms with Crippen LogP contribution in [0, 0.1) is 0 Å². The summed E-state index contributed by atoms with van der Waals surface area (Å²) in [5.41, 5.74) is 0.664. The topological polar surface area (TPSA) is 71.1 Å². The van der Waals surface area contributed by atoms with Gasteiger partial charge in [-0.2, -0.15) is 0 Å². The van der Waals surface area contributed by atoms with Gasteiger partial charge in [0.25, 0.3) is 0 Å². The Kier molecular flexibility index (Phi) is 7.63. The molecule has 0 amide bonds. The molecular weight excluding hydrogens is 360 g/mol. The molecule has 28 heavy (non-hydrogen) atoms. The average Bonchev–Trinajstić information content (AvgIpc) is 2.68. The molecule has 0 spiro atoms. The molecule has 0 unspecified atom stereocenters. The Morgan fingerprint density at radius 1 is 0.786 bits per heavy atom. The number of carbonyl (C=O) groups excluding carboxylic acids is 2. The number of fused-ring (bicyclic) bond motifs is 1. The van der Waals surface area contributed by atoms with Gasteiger partial charge in [0.15, 0.2) is 11.5 Å². The van der Waals surface area contributed by atoms with Gasteiger partial charge in [0.05, 0.1) is 0 Å². The number of hydrogen-bond acceptors (Lipinski definition) is 6. The van der Waals surface area contributed by atoms with Gasteiger partial charge in [-0.3, -0.25) is 0 Å². The smallest absolute Gasteiger partial charge is 0.333 e. The van der Waals surface area contributed by atoms with Gasteiger partial charge in [-0.15, -0.1) is 0 Å². The predicted octanol–water partition coefficient (Wildman–Crippen LogP) is 3.84. The molecule has 0 fully saturated rings. The third kappa shape index (κ3) is 5.87. The van der Waals surface area contributed by atoms with Gasteiger partial charge in [-0.05, 0) is 25.3 Å².